The van der Waals surface area contributed by atoms with Crippen molar-refractivity contribution < 1.29 is 89.4 Å². The van der Waals surface area contributed by atoms with Crippen molar-refractivity contribution in [1.29, 1.82) is 0 Å². The van der Waals surface area contributed by atoms with Gasteiger partial charge in [-0.2, -0.15) is 0 Å². The number of aliphatic hydroxyl groups excluding tert-OH is 11. The minimum Gasteiger partial charge on any atom is -0.394 e. The SMILES string of the molecule is CC/C=C\C/C=C\C/C=C\C/C=C\C/C=C\C/C=C\C/C=C\C/C=C\C/C=C\C/C=C\C/C=C\CCCCCCCC(=O)NC(COC1OC(CO)C(OC2OC(CO)C(OC3OC(CO)C(O)C(O)C3O)C(O)C2O)C(O)C1O)C(O)/C=C/CC/C=C/CCCCCCCCCCCCCCCCCC. The monoisotopic (exact) mass is 1490 g/mol. The average Bonchev–Trinajstić information content (AvgIpc) is 0.780. The van der Waals surface area contributed by atoms with Gasteiger partial charge in [0.1, 0.15) is 73.2 Å². The lowest BCUT2D eigenvalue weighted by Crippen LogP contribution is -2.66. The molecule has 3 rings (SSSR count). The van der Waals surface area contributed by atoms with Gasteiger partial charge in [-0.15, -0.1) is 0 Å². The molecule has 3 fully saturated rings. The van der Waals surface area contributed by atoms with Crippen LogP contribution in [0.15, 0.2) is 158 Å². The third-order valence-electron chi connectivity index (χ3n) is 19.1. The van der Waals surface area contributed by atoms with E-state index >= 15 is 0 Å². The van der Waals surface area contributed by atoms with E-state index in [1.54, 1.807) is 6.08 Å². The molecule has 3 saturated heterocycles. The molecule has 0 saturated carbocycles. The molecule has 0 aromatic carbocycles. The van der Waals surface area contributed by atoms with Crippen molar-refractivity contribution in [2.45, 2.75) is 356 Å². The van der Waals surface area contributed by atoms with Gasteiger partial charge in [0.25, 0.3) is 0 Å². The van der Waals surface area contributed by atoms with Gasteiger partial charge in [-0.25, -0.2) is 0 Å². The van der Waals surface area contributed by atoms with Crippen LogP contribution in [-0.4, -0.2) is 193 Å². The van der Waals surface area contributed by atoms with Crippen LogP contribution in [0.5, 0.6) is 0 Å². The molecule has 19 nitrogen and oxygen atoms in total. The highest BCUT2D eigenvalue weighted by Gasteiger charge is 2.54. The Balaban J connectivity index is 1.38. The van der Waals surface area contributed by atoms with E-state index in [4.69, 9.17) is 28.4 Å². The summed E-state index contributed by atoms with van der Waals surface area (Å²) in [5.74, 6) is -0.309. The van der Waals surface area contributed by atoms with Crippen molar-refractivity contribution in [2.24, 2.45) is 0 Å². The molecule has 0 bridgehead atoms. The Morgan fingerprint density at radius 2 is 0.660 bits per heavy atom. The highest BCUT2D eigenvalue weighted by molar-refractivity contribution is 5.76. The molecule has 0 aliphatic carbocycles. The molecule has 17 atom stereocenters. The molecule has 106 heavy (non-hydrogen) atoms. The van der Waals surface area contributed by atoms with E-state index in [9.17, 15) is 61.0 Å². The zero-order chi connectivity index (χ0) is 76.7. The zero-order valence-electron chi connectivity index (χ0n) is 64.6. The number of carbonyl (C=O) groups is 1. The standard InChI is InChI=1S/C87H143NO18/c1-3-5-7-9-11-13-15-17-19-21-23-25-27-28-29-30-31-32-33-34-35-36-37-38-39-40-41-42-43-45-47-49-51-53-55-57-59-61-63-65-75(93)88-70(71(92)64-62-60-58-56-54-52-50-48-46-44-26-24-22-20-18-16-14-12-10-8-6-4-2)69-101-85-81(99)78(96)83(73(67-90)103-85)106-87-82(100)79(97)84(74(68-91)104-87)105-86-80(98)77(95)76(94)72(66-89)102-86/h5,7,11,13,17,19,23,25,28-29,31-32,34-35,37-38,40-41,43,45,49,51,54,56,62,64,70-74,76-87,89-92,94-100H,3-4,6,8-10,12,14-16,18,20-22,24,26-27,30,33,36,39,42,44,46-48,50,52-53,55,57-61,63,65-69H2,1-2H3,(H,88,93)/b7-5-,13-11-,19-17-,25-23-,29-28-,32-31-,35-34-,38-37-,41-40-,45-43-,51-49-,56-54+,64-62+. The number of amides is 1. The number of carbonyl (C=O) groups excluding carboxylic acids is 1. The van der Waals surface area contributed by atoms with E-state index in [1.807, 2.05) is 6.08 Å². The fraction of sp³-hybridized carbons (Fsp3) is 0.690. The summed E-state index contributed by atoms with van der Waals surface area (Å²) >= 11 is 0. The molecule has 1 amide bonds. The highest BCUT2D eigenvalue weighted by atomic mass is 16.8. The Bertz CT molecular complexity index is 2530. The van der Waals surface area contributed by atoms with E-state index in [0.717, 1.165) is 122 Å². The minimum atomic E-state index is -1.99. The molecule has 0 spiro atoms. The van der Waals surface area contributed by atoms with Crippen molar-refractivity contribution in [3.8, 4) is 0 Å². The van der Waals surface area contributed by atoms with Crippen LogP contribution in [0.25, 0.3) is 0 Å². The van der Waals surface area contributed by atoms with Crippen LogP contribution < -0.4 is 5.32 Å². The largest absolute Gasteiger partial charge is 0.394 e. The van der Waals surface area contributed by atoms with Gasteiger partial charge in [0.15, 0.2) is 18.9 Å². The first kappa shape index (κ1) is 95.6. The number of allylic oxidation sites excluding steroid dienone is 25. The van der Waals surface area contributed by atoms with Crippen molar-refractivity contribution in [3.05, 3.63) is 158 Å². The van der Waals surface area contributed by atoms with Gasteiger partial charge in [0, 0.05) is 6.42 Å². The Morgan fingerprint density at radius 3 is 1.06 bits per heavy atom. The molecule has 3 aliphatic heterocycles. The predicted molar refractivity (Wildman–Crippen MR) is 424 cm³/mol. The van der Waals surface area contributed by atoms with Gasteiger partial charge in [0.2, 0.25) is 5.91 Å². The second-order valence-corrected chi connectivity index (χ2v) is 28.1. The van der Waals surface area contributed by atoms with E-state index in [0.29, 0.717) is 12.8 Å². The first-order chi connectivity index (χ1) is 51.8. The lowest BCUT2D eigenvalue weighted by Gasteiger charge is -2.48. The first-order valence-corrected chi connectivity index (χ1v) is 40.7. The molecular weight excluding hydrogens is 1350 g/mol. The molecule has 3 aliphatic rings. The number of hydrogen-bond donors (Lipinski definition) is 12. The second-order valence-electron chi connectivity index (χ2n) is 28.1. The third kappa shape index (κ3) is 44.3. The van der Waals surface area contributed by atoms with Crippen LogP contribution >= 0.6 is 0 Å². The van der Waals surface area contributed by atoms with Gasteiger partial charge in [-0.3, -0.25) is 4.79 Å². The lowest BCUT2D eigenvalue weighted by molar-refractivity contribution is -0.379. The predicted octanol–water partition coefficient (Wildman–Crippen LogP) is 14.0. The molecule has 604 valence electrons. The van der Waals surface area contributed by atoms with Crippen LogP contribution in [0, 0.1) is 0 Å². The molecular formula is C87H143NO18. The van der Waals surface area contributed by atoms with Gasteiger partial charge < -0.3 is 89.9 Å². The van der Waals surface area contributed by atoms with E-state index in [-0.39, 0.29) is 18.9 Å². The molecule has 0 radical (unpaired) electrons. The van der Waals surface area contributed by atoms with E-state index in [1.165, 1.54) is 96.3 Å². The quantitative estimate of drug-likeness (QED) is 0.0199. The zero-order valence-corrected chi connectivity index (χ0v) is 64.6. The Hall–Kier alpha value is -4.59. The summed E-state index contributed by atoms with van der Waals surface area (Å²) in [6.45, 7) is 1.59. The normalized spacial score (nSPS) is 26.5. The first-order valence-electron chi connectivity index (χ1n) is 40.7. The Kier molecular flexibility index (Phi) is 58.8. The maximum Gasteiger partial charge on any atom is 0.220 e. The number of aliphatic hydroxyl groups is 11. The smallest absolute Gasteiger partial charge is 0.220 e. The molecule has 17 unspecified atom stereocenters. The Morgan fingerprint density at radius 1 is 0.349 bits per heavy atom. The highest BCUT2D eigenvalue weighted by Crippen LogP contribution is 2.33. The minimum absolute atomic E-state index is 0.202. The fourth-order valence-electron chi connectivity index (χ4n) is 12.6. The molecule has 0 aromatic rings. The number of rotatable bonds is 62. The summed E-state index contributed by atoms with van der Waals surface area (Å²) in [6.07, 6.45) is 69.4. The topological polar surface area (TPSA) is 307 Å². The van der Waals surface area contributed by atoms with Crippen molar-refractivity contribution >= 4 is 5.91 Å². The summed E-state index contributed by atoms with van der Waals surface area (Å²) in [4.78, 5) is 13.5. The van der Waals surface area contributed by atoms with Crippen molar-refractivity contribution in [2.75, 3.05) is 26.4 Å². The second kappa shape index (κ2) is 65.2. The van der Waals surface area contributed by atoms with Gasteiger partial charge in [0.05, 0.1) is 38.6 Å². The number of ether oxygens (including phenoxy) is 6. The Labute approximate surface area is 637 Å². The lowest BCUT2D eigenvalue weighted by atomic mass is 9.96. The van der Waals surface area contributed by atoms with Gasteiger partial charge >= 0.3 is 0 Å². The van der Waals surface area contributed by atoms with Crippen LogP contribution in [0.4, 0.5) is 0 Å². The summed E-state index contributed by atoms with van der Waals surface area (Å²) < 4.78 is 34.4. The van der Waals surface area contributed by atoms with Crippen LogP contribution in [-0.2, 0) is 33.2 Å². The molecule has 3 heterocycles. The summed E-state index contributed by atoms with van der Waals surface area (Å²) in [5, 5.41) is 121. The summed E-state index contributed by atoms with van der Waals surface area (Å²) in [6, 6.07) is -1.01. The van der Waals surface area contributed by atoms with Gasteiger partial charge in [-0.05, 0) is 116 Å². The van der Waals surface area contributed by atoms with Gasteiger partial charge in [-0.1, -0.05) is 287 Å². The molecule has 12 N–H and O–H groups in total. The fourth-order valence-corrected chi connectivity index (χ4v) is 12.6. The molecule has 0 aromatic heterocycles. The summed E-state index contributed by atoms with van der Waals surface area (Å²) in [5.41, 5.74) is 0. The van der Waals surface area contributed by atoms with E-state index < -0.39 is 124 Å². The van der Waals surface area contributed by atoms with Crippen LogP contribution in [0.2, 0.25) is 0 Å². The summed E-state index contributed by atoms with van der Waals surface area (Å²) in [7, 11) is 0. The average molecular weight is 1490 g/mol. The number of hydrogen-bond acceptors (Lipinski definition) is 18. The third-order valence-corrected chi connectivity index (χ3v) is 19.1. The van der Waals surface area contributed by atoms with Crippen molar-refractivity contribution in [1.82, 2.24) is 5.32 Å². The maximum atomic E-state index is 13.5. The maximum absolute atomic E-state index is 13.5. The molecule has 19 heteroatoms. The van der Waals surface area contributed by atoms with Crippen LogP contribution in [0.3, 0.4) is 0 Å². The number of nitrogens with one attached hydrogen (secondary N) is 1. The van der Waals surface area contributed by atoms with Crippen LogP contribution in [0.1, 0.15) is 251 Å². The van der Waals surface area contributed by atoms with Crippen molar-refractivity contribution in [3.63, 3.8) is 0 Å². The number of unbranched alkanes of at least 4 members (excludes halogenated alkanes) is 22. The van der Waals surface area contributed by atoms with E-state index in [2.05, 4.69) is 165 Å².